The van der Waals surface area contributed by atoms with E-state index in [-0.39, 0.29) is 9.79 Å². The van der Waals surface area contributed by atoms with Crippen LogP contribution in [0.1, 0.15) is 230 Å². The minimum Gasteiger partial charge on any atom is -0.0654 e. The second-order valence-corrected chi connectivity index (χ2v) is 30.9. The van der Waals surface area contributed by atoms with Crippen LogP contribution in [0.25, 0.3) is 0 Å². The summed E-state index contributed by atoms with van der Waals surface area (Å²) in [5, 5.41) is 0. The molecule has 0 aliphatic heterocycles. The third-order valence-electron chi connectivity index (χ3n) is 12.9. The molecule has 0 radical (unpaired) electrons. The molecule has 0 aliphatic carbocycles. The van der Waals surface area contributed by atoms with Crippen molar-refractivity contribution >= 4 is 27.7 Å². The van der Waals surface area contributed by atoms with E-state index in [1.54, 1.807) is 36.4 Å². The van der Waals surface area contributed by atoms with Gasteiger partial charge < -0.3 is 0 Å². The molecule has 0 fully saturated rings. The van der Waals surface area contributed by atoms with E-state index in [4.69, 9.17) is 5.53 Å². The van der Waals surface area contributed by atoms with Crippen LogP contribution in [0.5, 0.6) is 0 Å². The summed E-state index contributed by atoms with van der Waals surface area (Å²) in [5.74, 6) is 0. The van der Waals surface area contributed by atoms with E-state index in [1.165, 1.54) is 133 Å². The zero-order valence-electron chi connectivity index (χ0n) is 41.7. The third-order valence-corrected chi connectivity index (χ3v) is 27.0. The zero-order valence-corrected chi connectivity index (χ0v) is 45.7. The Morgan fingerprint density at radius 2 is 0.552 bits per heavy atom. The molecule has 0 unspecified atom stereocenters. The quantitative estimate of drug-likeness (QED) is 0.0401. The molecule has 13 heteroatoms. The summed E-state index contributed by atoms with van der Waals surface area (Å²) < 4.78 is 113. The number of hydrogen-bond donors (Lipinski definition) is 0. The molecular weight excluding hydrogens is 937 g/mol. The minimum atomic E-state index is -7.35. The summed E-state index contributed by atoms with van der Waals surface area (Å²) in [6, 6.07) is 18.1. The van der Waals surface area contributed by atoms with Crippen molar-refractivity contribution in [1.82, 2.24) is 0 Å². The normalized spacial score (nSPS) is 12.5. The van der Waals surface area contributed by atoms with Gasteiger partial charge in [-0.1, -0.05) is 72.1 Å². The first-order chi connectivity index (χ1) is 32.3. The minimum absolute atomic E-state index is 0.299. The fourth-order valence-corrected chi connectivity index (χ4v) is 23.6. The summed E-state index contributed by atoms with van der Waals surface area (Å²) in [6.07, 6.45) is 33.8. The van der Waals surface area contributed by atoms with Crippen molar-refractivity contribution in [2.45, 2.75) is 247 Å². The molecule has 0 heterocycles. The second-order valence-electron chi connectivity index (χ2n) is 18.7. The maximum atomic E-state index is 15.3. The molecule has 3 rings (SSSR count). The smallest absolute Gasteiger partial charge is 0.0654 e. The van der Waals surface area contributed by atoms with Gasteiger partial charge >= 0.3 is 342 Å². The van der Waals surface area contributed by atoms with Crippen molar-refractivity contribution in [1.29, 1.82) is 0 Å². The first-order valence-corrected chi connectivity index (χ1v) is 34.6. The van der Waals surface area contributed by atoms with E-state index in [0.29, 0.717) is 55.2 Å². The molecule has 3 aromatic carbocycles. The Labute approximate surface area is 411 Å². The predicted molar refractivity (Wildman–Crippen MR) is 270 cm³/mol. The van der Waals surface area contributed by atoms with E-state index in [1.807, 2.05) is 0 Å². The Morgan fingerprint density at radius 1 is 0.328 bits per heavy atom. The number of hydrogen-bond acceptors (Lipinski definition) is 9. The molecule has 0 saturated carbocycles. The Bertz CT molecular complexity index is 2090. The van der Waals surface area contributed by atoms with Crippen molar-refractivity contribution in [3.63, 3.8) is 0 Å². The third kappa shape index (κ3) is 21.9. The van der Waals surface area contributed by atoms with Crippen molar-refractivity contribution in [3.05, 3.63) is 89.5 Å². The average Bonchev–Trinajstić information content (AvgIpc) is 3.30. The van der Waals surface area contributed by atoms with Gasteiger partial charge in [-0.3, -0.25) is 0 Å². The van der Waals surface area contributed by atoms with Crippen LogP contribution in [0.3, 0.4) is 0 Å². The molecule has 379 valence electrons. The zero-order chi connectivity index (χ0) is 48.7. The van der Waals surface area contributed by atoms with Crippen LogP contribution in [0.15, 0.2) is 87.5 Å². The topological polar surface area (TPSA) is 138 Å². The molecule has 0 bridgehead atoms. The van der Waals surface area contributed by atoms with Crippen molar-refractivity contribution in [2.75, 3.05) is 0 Å². The Kier molecular flexibility index (Phi) is 29.6. The standard InChI is InChI=1S/2C18H30O3S.C18H29O2S.O.Ti/c2*1-2-3-4-5-6-7-8-9-10-11-14-17-15-12-13-16-18(17)22(19,20)21;1-2-3-4-5-6-7-8-9-10-11-14-17-15-12-13-16-18(17)21(19)20;;/h2*12-13,15-16H,2-11,14H2,1H3,(H,19,20,21);12-13,15-16H,2-11,14H2,1H3;;/q;;;;+2/p-2. The molecule has 0 atom stereocenters. The monoisotopic (exact) mass is 1020 g/mol. The van der Waals surface area contributed by atoms with Gasteiger partial charge in [-0.2, -0.15) is 0 Å². The van der Waals surface area contributed by atoms with E-state index >= 15 is 3.32 Å². The van der Waals surface area contributed by atoms with Crippen LogP contribution in [-0.4, -0.2) is 25.3 Å². The van der Waals surface area contributed by atoms with Crippen LogP contribution in [0.2, 0.25) is 0 Å². The van der Waals surface area contributed by atoms with Gasteiger partial charge in [0.2, 0.25) is 0 Å². The van der Waals surface area contributed by atoms with Gasteiger partial charge in [-0.15, -0.1) is 0 Å². The number of unbranched alkanes of at least 4 members (excludes halogenated alkanes) is 27. The maximum absolute atomic E-state index is 15.3. The van der Waals surface area contributed by atoms with Crippen LogP contribution >= 0.6 is 0 Å². The molecule has 0 aliphatic rings. The summed E-state index contributed by atoms with van der Waals surface area (Å²) in [7, 11) is -15.6. The first-order valence-electron chi connectivity index (χ1n) is 26.4. The van der Waals surface area contributed by atoms with Crippen molar-refractivity contribution in [3.8, 4) is 0 Å². The first kappa shape index (κ1) is 59.3. The molecule has 0 aromatic heterocycles. The van der Waals surface area contributed by atoms with Gasteiger partial charge in [0, 0.05) is 0 Å². The second kappa shape index (κ2) is 33.5. The Balaban J connectivity index is 1.87. The summed E-state index contributed by atoms with van der Waals surface area (Å²) in [5.41, 5.74) is 1.04. The van der Waals surface area contributed by atoms with Gasteiger partial charge in [0.25, 0.3) is 0 Å². The van der Waals surface area contributed by atoms with Gasteiger partial charge in [-0.05, 0) is 0 Å². The molecule has 0 amide bonds. The Hall–Kier alpha value is -2.06. The van der Waals surface area contributed by atoms with Gasteiger partial charge in [0.15, 0.2) is 0 Å². The molecule has 9 nitrogen and oxygen atoms in total. The van der Waals surface area contributed by atoms with Gasteiger partial charge in [0.1, 0.15) is 0 Å². The number of aryl methyl sites for hydroxylation is 3. The van der Waals surface area contributed by atoms with E-state index in [2.05, 4.69) is 20.8 Å². The SMILES string of the molecule is CCCCCCCCCCCCc1ccccc1S(=O)(=O)[O][Ti](=[O])([O]S(=O)(=O)c1ccccc1CCCCCCCCCCCC)[S](=O)(=O)c1ccccc1CCCCCCCCCCCC. The fourth-order valence-electron chi connectivity index (χ4n) is 8.89. The van der Waals surface area contributed by atoms with E-state index < -0.39 is 48.6 Å². The van der Waals surface area contributed by atoms with Gasteiger partial charge in [-0.25, -0.2) is 0 Å². The van der Waals surface area contributed by atoms with Crippen LogP contribution < -0.4 is 0 Å². The Morgan fingerprint density at radius 3 is 0.836 bits per heavy atom. The van der Waals surface area contributed by atoms with Crippen molar-refractivity contribution < 1.29 is 50.1 Å². The fraction of sp³-hybridized carbons (Fsp3) is 0.667. The molecule has 0 N–H and O–H groups in total. The van der Waals surface area contributed by atoms with Gasteiger partial charge in [0.05, 0.1) is 0 Å². The predicted octanol–water partition coefficient (Wildman–Crippen LogP) is 15.9. The van der Waals surface area contributed by atoms with Crippen LogP contribution in [-0.2, 0) is 71.8 Å². The van der Waals surface area contributed by atoms with Crippen LogP contribution in [0.4, 0.5) is 0 Å². The number of rotatable bonds is 41. The molecule has 67 heavy (non-hydrogen) atoms. The summed E-state index contributed by atoms with van der Waals surface area (Å²) >= 11 is -7.35. The summed E-state index contributed by atoms with van der Waals surface area (Å²) in [4.78, 5) is -1.15. The molecule has 0 saturated heterocycles. The molecule has 0 spiro atoms. The van der Waals surface area contributed by atoms with E-state index in [0.717, 1.165) is 77.0 Å². The van der Waals surface area contributed by atoms with E-state index in [9.17, 15) is 25.3 Å². The molecule has 3 aromatic rings. The molecular formula is C54H87O9S3Ti. The van der Waals surface area contributed by atoms with Crippen molar-refractivity contribution in [2.24, 2.45) is 0 Å². The average molecular weight is 1020 g/mol. The van der Waals surface area contributed by atoms with Crippen LogP contribution in [0, 0.1) is 0 Å². The summed E-state index contributed by atoms with van der Waals surface area (Å²) in [6.45, 7) is 6.61. The number of benzene rings is 3.